The van der Waals surface area contributed by atoms with Gasteiger partial charge in [0.05, 0.1) is 12.7 Å². The van der Waals surface area contributed by atoms with Gasteiger partial charge in [-0.2, -0.15) is 0 Å². The maximum absolute atomic E-state index is 12.4. The summed E-state index contributed by atoms with van der Waals surface area (Å²) >= 11 is 5.88. The van der Waals surface area contributed by atoms with Gasteiger partial charge in [-0.1, -0.05) is 51.4 Å². The van der Waals surface area contributed by atoms with Crippen molar-refractivity contribution >= 4 is 23.2 Å². The Balaban J connectivity index is 1.74. The van der Waals surface area contributed by atoms with Gasteiger partial charge in [0.15, 0.2) is 6.29 Å². The zero-order valence-electron chi connectivity index (χ0n) is 16.2. The Hall–Kier alpha value is -1.88. The molecule has 0 unspecified atom stereocenters. The summed E-state index contributed by atoms with van der Waals surface area (Å²) in [6.07, 6.45) is -0.332. The second kappa shape index (κ2) is 8.01. The van der Waals surface area contributed by atoms with E-state index in [-0.39, 0.29) is 17.4 Å². The van der Waals surface area contributed by atoms with Gasteiger partial charge in [0.25, 0.3) is 5.91 Å². The van der Waals surface area contributed by atoms with Gasteiger partial charge < -0.3 is 14.8 Å². The molecule has 4 nitrogen and oxygen atoms in total. The summed E-state index contributed by atoms with van der Waals surface area (Å²) in [6.45, 7) is 9.28. The Kier molecular flexibility index (Phi) is 5.89. The molecule has 1 N–H and O–H groups in total. The van der Waals surface area contributed by atoms with Crippen LogP contribution in [0.3, 0.4) is 0 Å². The summed E-state index contributed by atoms with van der Waals surface area (Å²) in [7, 11) is 0. The van der Waals surface area contributed by atoms with E-state index in [0.29, 0.717) is 28.8 Å². The fourth-order valence-electron chi connectivity index (χ4n) is 3.53. The maximum atomic E-state index is 12.4. The summed E-state index contributed by atoms with van der Waals surface area (Å²) < 4.78 is 12.2. The van der Waals surface area contributed by atoms with Crippen LogP contribution in [0.2, 0.25) is 5.02 Å². The molecule has 27 heavy (non-hydrogen) atoms. The number of benzene rings is 2. The molecule has 2 atom stereocenters. The second-order valence-electron chi connectivity index (χ2n) is 8.02. The van der Waals surface area contributed by atoms with E-state index in [2.05, 4.69) is 33.0 Å². The van der Waals surface area contributed by atoms with Gasteiger partial charge in [-0.15, -0.1) is 0 Å². The Morgan fingerprint density at radius 1 is 1.19 bits per heavy atom. The van der Waals surface area contributed by atoms with E-state index < -0.39 is 6.29 Å². The smallest absolute Gasteiger partial charge is 0.255 e. The van der Waals surface area contributed by atoms with Crippen molar-refractivity contribution in [3.8, 4) is 0 Å². The Morgan fingerprint density at radius 3 is 2.56 bits per heavy atom. The summed E-state index contributed by atoms with van der Waals surface area (Å²) in [5, 5.41) is 3.51. The molecule has 0 aliphatic carbocycles. The van der Waals surface area contributed by atoms with Crippen molar-refractivity contribution in [3.63, 3.8) is 0 Å². The minimum atomic E-state index is -0.433. The molecule has 1 heterocycles. The number of nitrogens with one attached hydrogen (secondary N) is 1. The number of amides is 1. The lowest BCUT2D eigenvalue weighted by molar-refractivity contribution is -0.274. The number of carbonyl (C=O) groups is 1. The second-order valence-corrected chi connectivity index (χ2v) is 8.46. The maximum Gasteiger partial charge on any atom is 0.255 e. The standard InChI is InChI=1S/C22H26ClNO3/c1-14(2)19-22(3,4)13-26-21(27-19)16-6-5-7-18(12-16)24-20(25)15-8-10-17(23)11-9-15/h5-12,14,19,21H,13H2,1-4H3,(H,24,25)/t19-,21-/m1/s1. The Bertz CT molecular complexity index is 801. The highest BCUT2D eigenvalue weighted by Crippen LogP contribution is 2.39. The Morgan fingerprint density at radius 2 is 1.89 bits per heavy atom. The highest BCUT2D eigenvalue weighted by atomic mass is 35.5. The molecule has 0 saturated carbocycles. The van der Waals surface area contributed by atoms with E-state index in [9.17, 15) is 4.79 Å². The first-order valence-corrected chi connectivity index (χ1v) is 9.58. The molecule has 2 aromatic rings. The number of hydrogen-bond acceptors (Lipinski definition) is 3. The molecule has 1 aliphatic heterocycles. The van der Waals surface area contributed by atoms with Crippen LogP contribution in [-0.4, -0.2) is 18.6 Å². The molecule has 5 heteroatoms. The average Bonchev–Trinajstić information content (AvgIpc) is 2.62. The van der Waals surface area contributed by atoms with Crippen LogP contribution >= 0.6 is 11.6 Å². The van der Waals surface area contributed by atoms with E-state index >= 15 is 0 Å². The fraction of sp³-hybridized carbons (Fsp3) is 0.409. The van der Waals surface area contributed by atoms with Crippen LogP contribution in [0, 0.1) is 11.3 Å². The quantitative estimate of drug-likeness (QED) is 0.733. The summed E-state index contributed by atoms with van der Waals surface area (Å²) in [4.78, 5) is 12.4. The lowest BCUT2D eigenvalue weighted by atomic mass is 9.80. The van der Waals surface area contributed by atoms with Gasteiger partial charge >= 0.3 is 0 Å². The lowest BCUT2D eigenvalue weighted by Gasteiger charge is -2.44. The van der Waals surface area contributed by atoms with Crippen molar-refractivity contribution in [1.82, 2.24) is 0 Å². The SMILES string of the molecule is CC(C)[C@H]1O[C@H](c2cccc(NC(=O)c3ccc(Cl)cc3)c2)OCC1(C)C. The van der Waals surface area contributed by atoms with Crippen molar-refractivity contribution in [2.75, 3.05) is 11.9 Å². The van der Waals surface area contributed by atoms with Crippen molar-refractivity contribution in [2.24, 2.45) is 11.3 Å². The summed E-state index contributed by atoms with van der Waals surface area (Å²) in [5.41, 5.74) is 2.11. The van der Waals surface area contributed by atoms with Crippen molar-refractivity contribution < 1.29 is 14.3 Å². The number of hydrogen-bond donors (Lipinski definition) is 1. The first-order chi connectivity index (χ1) is 12.8. The van der Waals surface area contributed by atoms with E-state index in [4.69, 9.17) is 21.1 Å². The molecular formula is C22H26ClNO3. The van der Waals surface area contributed by atoms with Crippen LogP contribution in [0.5, 0.6) is 0 Å². The van der Waals surface area contributed by atoms with Crippen molar-refractivity contribution in [1.29, 1.82) is 0 Å². The number of rotatable bonds is 4. The average molecular weight is 388 g/mol. The third-order valence-corrected chi connectivity index (χ3v) is 5.03. The number of ether oxygens (including phenoxy) is 2. The molecule has 1 aliphatic rings. The first-order valence-electron chi connectivity index (χ1n) is 9.20. The van der Waals surface area contributed by atoms with Gasteiger partial charge in [-0.05, 0) is 42.3 Å². The van der Waals surface area contributed by atoms with Crippen LogP contribution in [0.1, 0.15) is 49.9 Å². The van der Waals surface area contributed by atoms with Gasteiger partial charge in [-0.3, -0.25) is 4.79 Å². The normalized spacial score (nSPS) is 21.9. The molecule has 3 rings (SSSR count). The molecule has 0 aromatic heterocycles. The van der Waals surface area contributed by atoms with Crippen molar-refractivity contribution in [3.05, 3.63) is 64.7 Å². The van der Waals surface area contributed by atoms with Gasteiger partial charge in [0.1, 0.15) is 0 Å². The highest BCUT2D eigenvalue weighted by molar-refractivity contribution is 6.30. The molecule has 1 fully saturated rings. The zero-order valence-corrected chi connectivity index (χ0v) is 16.9. The predicted molar refractivity (Wildman–Crippen MR) is 108 cm³/mol. The van der Waals surface area contributed by atoms with Crippen LogP contribution < -0.4 is 5.32 Å². The minimum Gasteiger partial charge on any atom is -0.348 e. The fourth-order valence-corrected chi connectivity index (χ4v) is 3.66. The van der Waals surface area contributed by atoms with E-state index in [0.717, 1.165) is 5.56 Å². The van der Waals surface area contributed by atoms with Crippen molar-refractivity contribution in [2.45, 2.75) is 40.1 Å². The van der Waals surface area contributed by atoms with Gasteiger partial charge in [-0.25, -0.2) is 0 Å². The monoisotopic (exact) mass is 387 g/mol. The van der Waals surface area contributed by atoms with E-state index in [1.54, 1.807) is 24.3 Å². The molecule has 1 saturated heterocycles. The van der Waals surface area contributed by atoms with E-state index in [1.165, 1.54) is 0 Å². The van der Waals surface area contributed by atoms with Crippen LogP contribution in [-0.2, 0) is 9.47 Å². The van der Waals surface area contributed by atoms with Crippen LogP contribution in [0.15, 0.2) is 48.5 Å². The first kappa shape index (κ1) is 19.9. The Labute approximate surface area is 165 Å². The number of anilines is 1. The topological polar surface area (TPSA) is 47.6 Å². The van der Waals surface area contributed by atoms with Gasteiger partial charge in [0, 0.05) is 27.3 Å². The lowest BCUT2D eigenvalue weighted by Crippen LogP contribution is -2.45. The van der Waals surface area contributed by atoms with Crippen LogP contribution in [0.4, 0.5) is 5.69 Å². The number of halogens is 1. The summed E-state index contributed by atoms with van der Waals surface area (Å²) in [6, 6.07) is 14.4. The molecule has 1 amide bonds. The molecule has 144 valence electrons. The molecule has 0 radical (unpaired) electrons. The predicted octanol–water partition coefficient (Wildman–Crippen LogP) is 5.69. The van der Waals surface area contributed by atoms with E-state index in [1.807, 2.05) is 24.3 Å². The molecule has 0 bridgehead atoms. The summed E-state index contributed by atoms with van der Waals surface area (Å²) in [5.74, 6) is 0.203. The highest BCUT2D eigenvalue weighted by Gasteiger charge is 2.40. The third-order valence-electron chi connectivity index (χ3n) is 4.78. The third kappa shape index (κ3) is 4.70. The minimum absolute atomic E-state index is 0.0366. The molecule has 0 spiro atoms. The molecular weight excluding hydrogens is 362 g/mol. The zero-order chi connectivity index (χ0) is 19.6. The molecule has 2 aromatic carbocycles. The largest absolute Gasteiger partial charge is 0.348 e. The van der Waals surface area contributed by atoms with Gasteiger partial charge in [0.2, 0.25) is 0 Å². The number of carbonyl (C=O) groups excluding carboxylic acids is 1. The van der Waals surface area contributed by atoms with Crippen LogP contribution in [0.25, 0.3) is 0 Å².